The fourth-order valence-corrected chi connectivity index (χ4v) is 1.91. The van der Waals surface area contributed by atoms with Gasteiger partial charge in [-0.05, 0) is 0 Å². The summed E-state index contributed by atoms with van der Waals surface area (Å²) in [6.45, 7) is 12.0. The Morgan fingerprint density at radius 1 is 1.31 bits per heavy atom. The first-order valence-electron chi connectivity index (χ1n) is 6.03. The highest BCUT2D eigenvalue weighted by Gasteiger charge is 2.17. The predicted octanol–water partition coefficient (Wildman–Crippen LogP) is 1.11. The second-order valence-electron chi connectivity index (χ2n) is 5.52. The van der Waals surface area contributed by atoms with Gasteiger partial charge in [0, 0.05) is 43.5 Å². The van der Waals surface area contributed by atoms with Crippen molar-refractivity contribution in [1.29, 1.82) is 0 Å². The SMILES string of the molecule is CC(C)(C)c1cnc(CN2CCNCC2)[nH]1. The van der Waals surface area contributed by atoms with Gasteiger partial charge in [0.05, 0.1) is 6.54 Å². The van der Waals surface area contributed by atoms with Crippen molar-refractivity contribution in [1.82, 2.24) is 20.2 Å². The molecule has 2 N–H and O–H groups in total. The van der Waals surface area contributed by atoms with Crippen molar-refractivity contribution in [2.24, 2.45) is 0 Å². The van der Waals surface area contributed by atoms with Crippen LogP contribution in [-0.2, 0) is 12.0 Å². The third kappa shape index (κ3) is 2.83. The molecule has 1 aromatic heterocycles. The van der Waals surface area contributed by atoms with Gasteiger partial charge in [0.15, 0.2) is 0 Å². The van der Waals surface area contributed by atoms with Crippen LogP contribution in [0, 0.1) is 0 Å². The molecule has 1 aliphatic heterocycles. The molecule has 0 unspecified atom stereocenters. The molecule has 0 saturated carbocycles. The Morgan fingerprint density at radius 2 is 2.00 bits per heavy atom. The summed E-state index contributed by atoms with van der Waals surface area (Å²) in [5.41, 5.74) is 1.38. The molecule has 1 saturated heterocycles. The normalized spacial score (nSPS) is 18.9. The van der Waals surface area contributed by atoms with Crippen LogP contribution < -0.4 is 5.32 Å². The van der Waals surface area contributed by atoms with Gasteiger partial charge in [-0.2, -0.15) is 0 Å². The Balaban J connectivity index is 1.97. The van der Waals surface area contributed by atoms with Crippen molar-refractivity contribution in [3.8, 4) is 0 Å². The lowest BCUT2D eigenvalue weighted by Gasteiger charge is -2.26. The standard InChI is InChI=1S/C12H22N4/c1-12(2,3)10-8-14-11(15-10)9-16-6-4-13-5-7-16/h8,13H,4-7,9H2,1-3H3,(H,14,15). The third-order valence-electron chi connectivity index (χ3n) is 3.02. The fraction of sp³-hybridized carbons (Fsp3) is 0.750. The van der Waals surface area contributed by atoms with E-state index in [0.29, 0.717) is 0 Å². The average Bonchev–Trinajstić information content (AvgIpc) is 2.67. The summed E-state index contributed by atoms with van der Waals surface area (Å²) >= 11 is 0. The molecule has 0 aliphatic carbocycles. The zero-order valence-corrected chi connectivity index (χ0v) is 10.5. The largest absolute Gasteiger partial charge is 0.344 e. The fourth-order valence-electron chi connectivity index (χ4n) is 1.91. The maximum absolute atomic E-state index is 4.46. The molecule has 16 heavy (non-hydrogen) atoms. The van der Waals surface area contributed by atoms with Crippen molar-refractivity contribution in [2.45, 2.75) is 32.7 Å². The van der Waals surface area contributed by atoms with Gasteiger partial charge in [0.2, 0.25) is 0 Å². The quantitative estimate of drug-likeness (QED) is 0.788. The Hall–Kier alpha value is -0.870. The summed E-state index contributed by atoms with van der Waals surface area (Å²) in [6, 6.07) is 0. The van der Waals surface area contributed by atoms with Crippen molar-refractivity contribution >= 4 is 0 Å². The van der Waals surface area contributed by atoms with Gasteiger partial charge in [0.1, 0.15) is 5.82 Å². The van der Waals surface area contributed by atoms with E-state index < -0.39 is 0 Å². The van der Waals surface area contributed by atoms with Gasteiger partial charge in [0.25, 0.3) is 0 Å². The maximum Gasteiger partial charge on any atom is 0.120 e. The number of hydrogen-bond donors (Lipinski definition) is 2. The Bertz CT molecular complexity index is 331. The molecule has 0 aromatic carbocycles. The van der Waals surface area contributed by atoms with Crippen LogP contribution >= 0.6 is 0 Å². The van der Waals surface area contributed by atoms with Crippen LogP contribution in [0.25, 0.3) is 0 Å². The first-order chi connectivity index (χ1) is 7.55. The molecular formula is C12H22N4. The van der Waals surface area contributed by atoms with E-state index in [9.17, 15) is 0 Å². The number of aromatic nitrogens is 2. The molecule has 4 nitrogen and oxygen atoms in total. The van der Waals surface area contributed by atoms with E-state index in [2.05, 4.69) is 41.0 Å². The molecule has 0 amide bonds. The molecule has 0 bridgehead atoms. The van der Waals surface area contributed by atoms with Gasteiger partial charge in [-0.15, -0.1) is 0 Å². The van der Waals surface area contributed by atoms with E-state index in [1.165, 1.54) is 5.69 Å². The molecule has 0 radical (unpaired) electrons. The van der Waals surface area contributed by atoms with E-state index in [4.69, 9.17) is 0 Å². The molecule has 1 aliphatic rings. The number of nitrogens with one attached hydrogen (secondary N) is 2. The topological polar surface area (TPSA) is 44.0 Å². The molecule has 2 rings (SSSR count). The Morgan fingerprint density at radius 3 is 2.56 bits per heavy atom. The highest BCUT2D eigenvalue weighted by molar-refractivity contribution is 5.11. The van der Waals surface area contributed by atoms with Gasteiger partial charge in [-0.3, -0.25) is 4.90 Å². The predicted molar refractivity (Wildman–Crippen MR) is 65.4 cm³/mol. The van der Waals surface area contributed by atoms with E-state index in [1.54, 1.807) is 0 Å². The molecule has 4 heteroatoms. The Labute approximate surface area is 97.4 Å². The minimum Gasteiger partial charge on any atom is -0.344 e. The average molecular weight is 222 g/mol. The zero-order valence-electron chi connectivity index (χ0n) is 10.5. The number of H-pyrrole nitrogens is 1. The third-order valence-corrected chi connectivity index (χ3v) is 3.02. The van der Waals surface area contributed by atoms with Crippen LogP contribution in [0.5, 0.6) is 0 Å². The number of rotatable bonds is 2. The summed E-state index contributed by atoms with van der Waals surface area (Å²) in [5.74, 6) is 1.09. The first-order valence-corrected chi connectivity index (χ1v) is 6.03. The van der Waals surface area contributed by atoms with Crippen LogP contribution in [0.3, 0.4) is 0 Å². The summed E-state index contributed by atoms with van der Waals surface area (Å²) in [7, 11) is 0. The van der Waals surface area contributed by atoms with Gasteiger partial charge in [-0.1, -0.05) is 20.8 Å². The Kier molecular flexibility index (Phi) is 3.30. The number of nitrogens with zero attached hydrogens (tertiary/aromatic N) is 2. The van der Waals surface area contributed by atoms with E-state index in [1.807, 2.05) is 6.20 Å². The van der Waals surface area contributed by atoms with E-state index in [-0.39, 0.29) is 5.41 Å². The lowest BCUT2D eigenvalue weighted by atomic mass is 9.93. The van der Waals surface area contributed by atoms with Crippen molar-refractivity contribution < 1.29 is 0 Å². The second-order valence-corrected chi connectivity index (χ2v) is 5.52. The summed E-state index contributed by atoms with van der Waals surface area (Å²) in [5, 5.41) is 3.36. The highest BCUT2D eigenvalue weighted by Crippen LogP contribution is 2.19. The summed E-state index contributed by atoms with van der Waals surface area (Å²) in [4.78, 5) is 10.3. The highest BCUT2D eigenvalue weighted by atomic mass is 15.2. The van der Waals surface area contributed by atoms with Gasteiger partial charge >= 0.3 is 0 Å². The molecule has 2 heterocycles. The van der Waals surface area contributed by atoms with Crippen molar-refractivity contribution in [3.63, 3.8) is 0 Å². The summed E-state index contributed by atoms with van der Waals surface area (Å²) < 4.78 is 0. The lowest BCUT2D eigenvalue weighted by molar-refractivity contribution is 0.228. The van der Waals surface area contributed by atoms with Crippen molar-refractivity contribution in [3.05, 3.63) is 17.7 Å². The maximum atomic E-state index is 4.46. The number of aromatic amines is 1. The number of hydrogen-bond acceptors (Lipinski definition) is 3. The summed E-state index contributed by atoms with van der Waals surface area (Å²) in [6.07, 6.45) is 1.97. The van der Waals surface area contributed by atoms with Crippen LogP contribution in [0.1, 0.15) is 32.3 Å². The molecular weight excluding hydrogens is 200 g/mol. The van der Waals surface area contributed by atoms with Crippen LogP contribution in [0.15, 0.2) is 6.20 Å². The minimum atomic E-state index is 0.161. The monoisotopic (exact) mass is 222 g/mol. The van der Waals surface area contributed by atoms with Gasteiger partial charge in [-0.25, -0.2) is 4.98 Å². The molecule has 1 aromatic rings. The van der Waals surface area contributed by atoms with Crippen LogP contribution in [-0.4, -0.2) is 41.0 Å². The lowest BCUT2D eigenvalue weighted by Crippen LogP contribution is -2.43. The smallest absolute Gasteiger partial charge is 0.120 e. The number of piperazine rings is 1. The van der Waals surface area contributed by atoms with Gasteiger partial charge < -0.3 is 10.3 Å². The zero-order chi connectivity index (χ0) is 11.6. The molecule has 0 spiro atoms. The first kappa shape index (κ1) is 11.6. The van der Waals surface area contributed by atoms with Crippen LogP contribution in [0.4, 0.5) is 0 Å². The van der Waals surface area contributed by atoms with E-state index >= 15 is 0 Å². The molecule has 90 valence electrons. The minimum absolute atomic E-state index is 0.161. The molecule has 1 fully saturated rings. The molecule has 0 atom stereocenters. The second kappa shape index (κ2) is 4.55. The van der Waals surface area contributed by atoms with Crippen LogP contribution in [0.2, 0.25) is 0 Å². The van der Waals surface area contributed by atoms with E-state index in [0.717, 1.165) is 38.5 Å². The number of imidazole rings is 1. The van der Waals surface area contributed by atoms with Crippen molar-refractivity contribution in [2.75, 3.05) is 26.2 Å².